The van der Waals surface area contributed by atoms with Gasteiger partial charge in [-0.25, -0.2) is 0 Å². The highest BCUT2D eigenvalue weighted by Crippen LogP contribution is 2.26. The van der Waals surface area contributed by atoms with Gasteiger partial charge in [0.1, 0.15) is 10.5 Å². The van der Waals surface area contributed by atoms with E-state index in [1.807, 2.05) is 61.7 Å². The van der Waals surface area contributed by atoms with E-state index in [1.54, 1.807) is 11.3 Å². The molecule has 1 amide bonds. The summed E-state index contributed by atoms with van der Waals surface area (Å²) in [5.41, 5.74) is 2.82. The minimum absolute atomic E-state index is 0.0325. The number of benzene rings is 1. The van der Waals surface area contributed by atoms with Crippen molar-refractivity contribution in [3.8, 4) is 0 Å². The van der Waals surface area contributed by atoms with Gasteiger partial charge in [0, 0.05) is 11.9 Å². The molecule has 1 N–H and O–H groups in total. The number of allylic oxidation sites excluding steroid dienone is 1. The van der Waals surface area contributed by atoms with E-state index in [0.717, 1.165) is 21.4 Å². The molecule has 1 aromatic carbocycles. The van der Waals surface area contributed by atoms with Crippen molar-refractivity contribution in [1.29, 1.82) is 0 Å². The average molecular weight is 324 g/mol. The highest BCUT2D eigenvalue weighted by molar-refractivity contribution is 7.16. The van der Waals surface area contributed by atoms with Gasteiger partial charge in [-0.15, -0.1) is 11.3 Å². The molecule has 3 aromatic rings. The molecular weight excluding hydrogens is 304 g/mol. The van der Waals surface area contributed by atoms with Crippen LogP contribution in [0.3, 0.4) is 0 Å². The number of hydrogen-bond acceptors (Lipinski definition) is 2. The van der Waals surface area contributed by atoms with Gasteiger partial charge in [0.25, 0.3) is 5.91 Å². The van der Waals surface area contributed by atoms with Crippen LogP contribution in [0.4, 0.5) is 0 Å². The molecule has 0 saturated heterocycles. The third kappa shape index (κ3) is 3.22. The van der Waals surface area contributed by atoms with Crippen molar-refractivity contribution in [2.75, 3.05) is 0 Å². The predicted octanol–water partition coefficient (Wildman–Crippen LogP) is 4.77. The van der Waals surface area contributed by atoms with Crippen LogP contribution in [0, 0.1) is 0 Å². The molecule has 0 spiro atoms. The van der Waals surface area contributed by atoms with Crippen LogP contribution < -0.4 is 5.32 Å². The minimum Gasteiger partial charge on any atom is -0.344 e. The minimum atomic E-state index is -0.0500. The van der Waals surface area contributed by atoms with Crippen LogP contribution >= 0.6 is 11.3 Å². The van der Waals surface area contributed by atoms with Gasteiger partial charge in [-0.1, -0.05) is 42.5 Å². The molecule has 23 heavy (non-hydrogen) atoms. The van der Waals surface area contributed by atoms with Crippen LogP contribution in [0.25, 0.3) is 10.2 Å². The predicted molar refractivity (Wildman–Crippen MR) is 97.0 cm³/mol. The fourth-order valence-electron chi connectivity index (χ4n) is 2.69. The molecule has 3 rings (SSSR count). The van der Waals surface area contributed by atoms with E-state index in [2.05, 4.69) is 16.5 Å². The zero-order chi connectivity index (χ0) is 16.4. The van der Waals surface area contributed by atoms with Gasteiger partial charge in [-0.2, -0.15) is 0 Å². The third-order valence-electron chi connectivity index (χ3n) is 3.81. The second-order valence-electron chi connectivity index (χ2n) is 5.86. The van der Waals surface area contributed by atoms with Crippen LogP contribution in [0.1, 0.15) is 35.9 Å². The molecule has 0 unspecified atom stereocenters. The van der Waals surface area contributed by atoms with E-state index in [4.69, 9.17) is 0 Å². The van der Waals surface area contributed by atoms with E-state index < -0.39 is 0 Å². The van der Waals surface area contributed by atoms with Crippen LogP contribution in [0.2, 0.25) is 0 Å². The number of carbonyl (C=O) groups excluding carboxylic acids is 1. The van der Waals surface area contributed by atoms with Crippen molar-refractivity contribution >= 4 is 27.5 Å². The average Bonchev–Trinajstić information content (AvgIpc) is 3.10. The number of amides is 1. The zero-order valence-corrected chi connectivity index (χ0v) is 14.2. The van der Waals surface area contributed by atoms with Gasteiger partial charge in [-0.05, 0) is 36.9 Å². The van der Waals surface area contributed by atoms with E-state index in [0.29, 0.717) is 12.2 Å². The molecule has 2 aromatic heterocycles. The second-order valence-corrected chi connectivity index (χ2v) is 6.75. The van der Waals surface area contributed by atoms with Gasteiger partial charge in [0.05, 0.1) is 6.04 Å². The number of aromatic nitrogens is 1. The maximum Gasteiger partial charge on any atom is 0.268 e. The highest BCUT2D eigenvalue weighted by Gasteiger charge is 2.18. The summed E-state index contributed by atoms with van der Waals surface area (Å²) in [6.07, 6.45) is 0. The maximum atomic E-state index is 12.7. The Morgan fingerprint density at radius 3 is 2.74 bits per heavy atom. The number of nitrogens with one attached hydrogen (secondary N) is 1. The number of nitrogens with zero attached hydrogens (tertiary/aromatic N) is 1. The van der Waals surface area contributed by atoms with Crippen molar-refractivity contribution in [3.05, 3.63) is 71.3 Å². The number of fused-ring (bicyclic) bond motifs is 1. The molecule has 0 fully saturated rings. The van der Waals surface area contributed by atoms with Crippen molar-refractivity contribution in [3.63, 3.8) is 0 Å². The quantitative estimate of drug-likeness (QED) is 0.674. The SMILES string of the molecule is C=C(C)Cn1c(C(=O)N[C@H](C)c2ccccc2)cc2ccsc21. The molecule has 0 saturated carbocycles. The summed E-state index contributed by atoms with van der Waals surface area (Å²) in [5.74, 6) is -0.0500. The van der Waals surface area contributed by atoms with Crippen LogP contribution in [-0.4, -0.2) is 10.5 Å². The monoisotopic (exact) mass is 324 g/mol. The van der Waals surface area contributed by atoms with Gasteiger partial charge in [0.2, 0.25) is 0 Å². The number of thiophene rings is 1. The lowest BCUT2D eigenvalue weighted by atomic mass is 10.1. The molecule has 0 aliphatic rings. The topological polar surface area (TPSA) is 34.0 Å². The molecule has 118 valence electrons. The Kier molecular flexibility index (Phi) is 4.35. The lowest BCUT2D eigenvalue weighted by Gasteiger charge is -2.16. The lowest BCUT2D eigenvalue weighted by Crippen LogP contribution is -2.28. The number of carbonyl (C=O) groups is 1. The van der Waals surface area contributed by atoms with Gasteiger partial charge in [-0.3, -0.25) is 4.79 Å². The molecular formula is C19H20N2OS. The van der Waals surface area contributed by atoms with E-state index >= 15 is 0 Å². The van der Waals surface area contributed by atoms with E-state index in [-0.39, 0.29) is 11.9 Å². The normalized spacial score (nSPS) is 12.3. The second kappa shape index (κ2) is 6.42. The number of hydrogen-bond donors (Lipinski definition) is 1. The summed E-state index contributed by atoms with van der Waals surface area (Å²) in [6, 6.07) is 14.0. The summed E-state index contributed by atoms with van der Waals surface area (Å²) >= 11 is 1.65. The van der Waals surface area contributed by atoms with Crippen molar-refractivity contribution in [1.82, 2.24) is 9.88 Å². The van der Waals surface area contributed by atoms with E-state index in [1.165, 1.54) is 0 Å². The first-order valence-corrected chi connectivity index (χ1v) is 8.51. The van der Waals surface area contributed by atoms with Crippen LogP contribution in [0.15, 0.2) is 60.0 Å². The standard InChI is InChI=1S/C19H20N2OS/c1-13(2)12-21-17(11-16-9-10-23-19(16)21)18(22)20-14(3)15-7-5-4-6-8-15/h4-11,14H,1,12H2,2-3H3,(H,20,22)/t14-/m1/s1. The summed E-state index contributed by atoms with van der Waals surface area (Å²) in [7, 11) is 0. The lowest BCUT2D eigenvalue weighted by molar-refractivity contribution is 0.0931. The first kappa shape index (κ1) is 15.6. The van der Waals surface area contributed by atoms with Crippen LogP contribution in [-0.2, 0) is 6.54 Å². The van der Waals surface area contributed by atoms with Crippen molar-refractivity contribution in [2.24, 2.45) is 0 Å². The summed E-state index contributed by atoms with van der Waals surface area (Å²) in [5, 5.41) is 6.25. The smallest absolute Gasteiger partial charge is 0.268 e. The Morgan fingerprint density at radius 2 is 2.04 bits per heavy atom. The summed E-state index contributed by atoms with van der Waals surface area (Å²) in [6.45, 7) is 8.62. The fourth-order valence-corrected chi connectivity index (χ4v) is 3.58. The van der Waals surface area contributed by atoms with Crippen molar-refractivity contribution < 1.29 is 4.79 Å². The zero-order valence-electron chi connectivity index (χ0n) is 13.4. The molecule has 3 nitrogen and oxygen atoms in total. The molecule has 0 radical (unpaired) electrons. The first-order valence-electron chi connectivity index (χ1n) is 7.63. The highest BCUT2D eigenvalue weighted by atomic mass is 32.1. The molecule has 0 aliphatic carbocycles. The molecule has 0 bridgehead atoms. The van der Waals surface area contributed by atoms with Gasteiger partial charge in [0.15, 0.2) is 0 Å². The van der Waals surface area contributed by atoms with Gasteiger partial charge >= 0.3 is 0 Å². The fraction of sp³-hybridized carbons (Fsp3) is 0.211. The Hall–Kier alpha value is -2.33. The summed E-state index contributed by atoms with van der Waals surface area (Å²) in [4.78, 5) is 13.9. The molecule has 2 heterocycles. The molecule has 0 aliphatic heterocycles. The van der Waals surface area contributed by atoms with E-state index in [9.17, 15) is 4.79 Å². The summed E-state index contributed by atoms with van der Waals surface area (Å²) < 4.78 is 2.05. The maximum absolute atomic E-state index is 12.7. The Bertz CT molecular complexity index is 845. The van der Waals surface area contributed by atoms with Gasteiger partial charge < -0.3 is 9.88 Å². The Balaban J connectivity index is 1.88. The van der Waals surface area contributed by atoms with Crippen molar-refractivity contribution in [2.45, 2.75) is 26.4 Å². The third-order valence-corrected chi connectivity index (χ3v) is 4.76. The largest absolute Gasteiger partial charge is 0.344 e. The Morgan fingerprint density at radius 1 is 1.30 bits per heavy atom. The van der Waals surface area contributed by atoms with Crippen LogP contribution in [0.5, 0.6) is 0 Å². The first-order chi connectivity index (χ1) is 11.1. The molecule has 4 heteroatoms. The molecule has 1 atom stereocenters. The Labute approximate surface area is 140 Å². The number of rotatable bonds is 5.